The van der Waals surface area contributed by atoms with Gasteiger partial charge in [0.1, 0.15) is 22.1 Å². The molecule has 2 aliphatic heterocycles. The van der Waals surface area contributed by atoms with Crippen molar-refractivity contribution in [3.63, 3.8) is 0 Å². The highest BCUT2D eigenvalue weighted by Gasteiger charge is 2.26. The van der Waals surface area contributed by atoms with Gasteiger partial charge < -0.3 is 0 Å². The molecule has 0 unspecified atom stereocenters. The van der Waals surface area contributed by atoms with Gasteiger partial charge in [-0.05, 0) is 0 Å². The van der Waals surface area contributed by atoms with Crippen molar-refractivity contribution in [1.29, 1.82) is 0 Å². The fraction of sp³-hybridized carbons (Fsp3) is 0. The molecule has 0 aromatic heterocycles. The van der Waals surface area contributed by atoms with Gasteiger partial charge in [0.2, 0.25) is 0 Å². The van der Waals surface area contributed by atoms with Crippen molar-refractivity contribution in [3.05, 3.63) is 24.3 Å². The van der Waals surface area contributed by atoms with Crippen molar-refractivity contribution in [3.8, 4) is 0 Å². The van der Waals surface area contributed by atoms with Crippen LogP contribution in [0.1, 0.15) is 0 Å². The number of imide groups is 2. The highest BCUT2D eigenvalue weighted by molar-refractivity contribution is 8.80. The number of hydrogen-bond donors (Lipinski definition) is 0. The topological polar surface area (TPSA) is 84.0 Å². The lowest BCUT2D eigenvalue weighted by atomic mass is 10.6. The van der Waals surface area contributed by atoms with Crippen LogP contribution in [-0.2, 0) is 22.8 Å². The number of carbonyl (C=O) groups excluding carboxylic acids is 4. The van der Waals surface area contributed by atoms with Gasteiger partial charge >= 0.3 is 0 Å². The normalized spacial score (nSPS) is 18.3. The minimum Gasteiger partial charge on any atom is -0.268 e. The third-order valence-corrected chi connectivity index (χ3v) is 5.65. The third-order valence-electron chi connectivity index (χ3n) is 1.80. The number of hydrogen-bond acceptors (Lipinski definition) is 9. The van der Waals surface area contributed by atoms with Crippen LogP contribution in [0.3, 0.4) is 0 Å². The Bertz CT molecular complexity index is 425. The molecule has 0 fully saturated rings. The summed E-state index contributed by atoms with van der Waals surface area (Å²) in [5.41, 5.74) is 0. The van der Waals surface area contributed by atoms with Gasteiger partial charge in [-0.3, -0.25) is 19.2 Å². The van der Waals surface area contributed by atoms with Crippen LogP contribution in [0.25, 0.3) is 0 Å². The number of nitrogens with zero attached hydrogens (tertiary/aromatic N) is 2. The molecule has 0 saturated heterocycles. The smallest absolute Gasteiger partial charge is 0.264 e. The Morgan fingerprint density at radius 1 is 0.684 bits per heavy atom. The molecule has 0 radical (unpaired) electrons. The van der Waals surface area contributed by atoms with Crippen molar-refractivity contribution in [1.82, 2.24) is 8.61 Å². The molecular formula is C8H4N2O5S4. The standard InChI is InChI=1S/C8H4N2O5S4/c11-5-1-2-6(12)9(5)16-18-15-19-17-10-7(13)3-4-8(10)14/h1-4H. The van der Waals surface area contributed by atoms with Gasteiger partial charge in [-0.1, -0.05) is 0 Å². The monoisotopic (exact) mass is 336 g/mol. The van der Waals surface area contributed by atoms with Crippen LogP contribution >= 0.6 is 44.1 Å². The zero-order chi connectivity index (χ0) is 13.8. The van der Waals surface area contributed by atoms with Crippen LogP contribution in [0.5, 0.6) is 0 Å². The second-order valence-electron chi connectivity index (χ2n) is 2.96. The number of rotatable bonds is 6. The highest BCUT2D eigenvalue weighted by Crippen LogP contribution is 2.39. The number of carbonyl (C=O) groups is 4. The average molecular weight is 336 g/mol. The summed E-state index contributed by atoms with van der Waals surface area (Å²) in [6, 6.07) is 0. The first-order chi connectivity index (χ1) is 9.09. The van der Waals surface area contributed by atoms with E-state index in [-0.39, 0.29) is 0 Å². The molecule has 2 rings (SSSR count). The van der Waals surface area contributed by atoms with Crippen LogP contribution in [0, 0.1) is 0 Å². The van der Waals surface area contributed by atoms with E-state index in [1.54, 1.807) is 0 Å². The van der Waals surface area contributed by atoms with Crippen LogP contribution < -0.4 is 0 Å². The van der Waals surface area contributed by atoms with Crippen molar-refractivity contribution < 1.29 is 22.8 Å². The molecule has 0 N–H and O–H groups in total. The van der Waals surface area contributed by atoms with E-state index < -0.39 is 23.6 Å². The summed E-state index contributed by atoms with van der Waals surface area (Å²) in [4.78, 5) is 44.6. The largest absolute Gasteiger partial charge is 0.268 e. The summed E-state index contributed by atoms with van der Waals surface area (Å²) >= 11 is 1.55. The van der Waals surface area contributed by atoms with Gasteiger partial charge in [-0.15, -0.1) is 0 Å². The van der Waals surface area contributed by atoms with Crippen molar-refractivity contribution in [2.75, 3.05) is 0 Å². The van der Waals surface area contributed by atoms with Gasteiger partial charge in [0.25, 0.3) is 23.6 Å². The van der Waals surface area contributed by atoms with E-state index in [1.807, 2.05) is 0 Å². The second kappa shape index (κ2) is 6.52. The first-order valence-electron chi connectivity index (χ1n) is 4.56. The van der Waals surface area contributed by atoms with Crippen LogP contribution in [0.15, 0.2) is 24.3 Å². The molecule has 4 amide bonds. The van der Waals surface area contributed by atoms with E-state index in [1.165, 1.54) is 0 Å². The Morgan fingerprint density at radius 3 is 1.32 bits per heavy atom. The zero-order valence-corrected chi connectivity index (χ0v) is 12.1. The molecule has 19 heavy (non-hydrogen) atoms. The molecular weight excluding hydrogens is 332 g/mol. The van der Waals surface area contributed by atoms with E-state index >= 15 is 0 Å². The Morgan fingerprint density at radius 2 is 1.00 bits per heavy atom. The molecule has 0 aromatic carbocycles. The minimum absolute atomic E-state index is 0.433. The lowest BCUT2D eigenvalue weighted by Gasteiger charge is -2.11. The molecule has 0 aromatic rings. The summed E-state index contributed by atoms with van der Waals surface area (Å²) in [5.74, 6) is -1.73. The fourth-order valence-electron chi connectivity index (χ4n) is 1.02. The average Bonchev–Trinajstić information content (AvgIpc) is 2.86. The quantitative estimate of drug-likeness (QED) is 0.234. The molecule has 0 bridgehead atoms. The van der Waals surface area contributed by atoms with Crippen LogP contribution in [-0.4, -0.2) is 32.2 Å². The maximum atomic E-state index is 11.2. The van der Waals surface area contributed by atoms with Crippen molar-refractivity contribution in [2.24, 2.45) is 0 Å². The Balaban J connectivity index is 1.63. The summed E-state index contributed by atoms with van der Waals surface area (Å²) in [7, 11) is 1.62. The number of amides is 4. The van der Waals surface area contributed by atoms with Gasteiger partial charge in [0.15, 0.2) is 0 Å². The molecule has 100 valence electrons. The Labute approximate surface area is 123 Å². The lowest BCUT2D eigenvalue weighted by Crippen LogP contribution is -2.21. The molecule has 0 spiro atoms. The molecule has 2 heterocycles. The van der Waals surface area contributed by atoms with Gasteiger partial charge in [0, 0.05) is 24.3 Å². The predicted octanol–water partition coefficient (Wildman–Crippen LogP) is 1.28. The fourth-order valence-corrected chi connectivity index (χ4v) is 4.48. The first kappa shape index (κ1) is 14.5. The minimum atomic E-state index is -0.433. The van der Waals surface area contributed by atoms with E-state index in [2.05, 4.69) is 0 Å². The van der Waals surface area contributed by atoms with E-state index in [0.29, 0.717) is 0 Å². The zero-order valence-electron chi connectivity index (χ0n) is 8.88. The summed E-state index contributed by atoms with van der Waals surface area (Å²) in [5, 5.41) is 0. The summed E-state index contributed by atoms with van der Waals surface area (Å²) in [6.45, 7) is 0. The van der Waals surface area contributed by atoms with E-state index in [9.17, 15) is 19.2 Å². The van der Waals surface area contributed by atoms with E-state index in [0.717, 1.165) is 77.0 Å². The summed E-state index contributed by atoms with van der Waals surface area (Å²) in [6.07, 6.45) is 4.63. The maximum absolute atomic E-state index is 11.2. The molecule has 0 saturated carbocycles. The van der Waals surface area contributed by atoms with Crippen molar-refractivity contribution in [2.45, 2.75) is 0 Å². The third kappa shape index (κ3) is 3.57. The van der Waals surface area contributed by atoms with Gasteiger partial charge in [-0.25, -0.2) is 12.2 Å². The first-order valence-corrected chi connectivity index (χ1v) is 8.63. The van der Waals surface area contributed by atoms with Gasteiger partial charge in [-0.2, -0.15) is 0 Å². The van der Waals surface area contributed by atoms with Gasteiger partial charge in [0.05, 0.1) is 22.0 Å². The summed E-state index contributed by atoms with van der Waals surface area (Å²) < 4.78 is 6.80. The molecule has 0 aliphatic carbocycles. The molecule has 7 nitrogen and oxygen atoms in total. The van der Waals surface area contributed by atoms with E-state index in [4.69, 9.17) is 3.63 Å². The highest BCUT2D eigenvalue weighted by atomic mass is 33.2. The lowest BCUT2D eigenvalue weighted by molar-refractivity contribution is -0.131. The maximum Gasteiger partial charge on any atom is 0.264 e. The van der Waals surface area contributed by atoms with Crippen LogP contribution in [0.2, 0.25) is 0 Å². The van der Waals surface area contributed by atoms with Crippen LogP contribution in [0.4, 0.5) is 0 Å². The predicted molar refractivity (Wildman–Crippen MR) is 73.4 cm³/mol. The molecule has 0 atom stereocenters. The Kier molecular flexibility index (Phi) is 4.99. The van der Waals surface area contributed by atoms with Crippen molar-refractivity contribution >= 4 is 67.7 Å². The molecule has 11 heteroatoms. The molecule has 2 aliphatic rings. The second-order valence-corrected chi connectivity index (χ2v) is 6.52. The Hall–Kier alpha value is -0.880. The SMILES string of the molecule is O=C1C=CC(=O)N1SSOSSN1C(=O)C=CC1=O.